The Kier molecular flexibility index (Phi) is 8.22. The van der Waals surface area contributed by atoms with Gasteiger partial charge in [-0.1, -0.05) is 12.1 Å². The van der Waals surface area contributed by atoms with Gasteiger partial charge in [0.1, 0.15) is 5.75 Å². The van der Waals surface area contributed by atoms with E-state index in [1.807, 2.05) is 4.90 Å². The molecule has 2 aliphatic rings. The molecule has 0 saturated carbocycles. The predicted octanol–water partition coefficient (Wildman–Crippen LogP) is -0.246. The highest BCUT2D eigenvalue weighted by Crippen LogP contribution is 2.43. The topological polar surface area (TPSA) is 143 Å². The van der Waals surface area contributed by atoms with Gasteiger partial charge in [0, 0.05) is 25.6 Å². The number of carbonyl (C=O) groups excluding carboxylic acids is 2. The number of morpholine rings is 1. The van der Waals surface area contributed by atoms with Crippen molar-refractivity contribution >= 4 is 31.6 Å². The van der Waals surface area contributed by atoms with E-state index < -0.39 is 52.6 Å². The number of methoxy groups -OCH3 is 3. The predicted molar refractivity (Wildman–Crippen MR) is 121 cm³/mol. The number of hydrogen-bond donors (Lipinski definition) is 0. The van der Waals surface area contributed by atoms with Gasteiger partial charge in [-0.2, -0.15) is 0 Å². The SMILES string of the molecule is COC(=O)[C@H]1C(c2ccc(OC)cc2)[C@H](C(=O)OC)S(=O)(=O)C(CCN2CCOCC2)S1(=O)=O. The fourth-order valence-corrected chi connectivity index (χ4v) is 10.5. The number of sulfone groups is 2. The van der Waals surface area contributed by atoms with E-state index in [9.17, 15) is 26.4 Å². The third-order valence-corrected chi connectivity index (χ3v) is 12.2. The molecule has 0 N–H and O–H groups in total. The number of esters is 2. The highest BCUT2D eigenvalue weighted by molar-refractivity contribution is 8.11. The Bertz CT molecular complexity index is 1040. The van der Waals surface area contributed by atoms with Crippen molar-refractivity contribution in [3.05, 3.63) is 29.8 Å². The van der Waals surface area contributed by atoms with E-state index in [4.69, 9.17) is 18.9 Å². The van der Waals surface area contributed by atoms with E-state index >= 15 is 0 Å². The van der Waals surface area contributed by atoms with Gasteiger partial charge in [0.05, 0.1) is 34.5 Å². The molecule has 1 aromatic carbocycles. The van der Waals surface area contributed by atoms with Crippen LogP contribution < -0.4 is 4.74 Å². The van der Waals surface area contributed by atoms with Crippen LogP contribution in [0.25, 0.3) is 0 Å². The molecule has 34 heavy (non-hydrogen) atoms. The minimum atomic E-state index is -4.63. The summed E-state index contributed by atoms with van der Waals surface area (Å²) in [4.78, 5) is 27.5. The Hall–Kier alpha value is -2.22. The summed E-state index contributed by atoms with van der Waals surface area (Å²) in [5.74, 6) is -3.40. The van der Waals surface area contributed by atoms with Crippen molar-refractivity contribution in [2.45, 2.75) is 27.4 Å². The van der Waals surface area contributed by atoms with Crippen molar-refractivity contribution in [3.63, 3.8) is 0 Å². The van der Waals surface area contributed by atoms with Crippen molar-refractivity contribution in [3.8, 4) is 5.75 Å². The van der Waals surface area contributed by atoms with E-state index in [0.717, 1.165) is 14.2 Å². The molecule has 0 aliphatic carbocycles. The molecule has 2 atom stereocenters. The molecule has 2 fully saturated rings. The number of rotatable bonds is 7. The van der Waals surface area contributed by atoms with Gasteiger partial charge in [-0.15, -0.1) is 0 Å². The van der Waals surface area contributed by atoms with Gasteiger partial charge in [-0.3, -0.25) is 14.5 Å². The zero-order valence-corrected chi connectivity index (χ0v) is 20.8. The summed E-state index contributed by atoms with van der Waals surface area (Å²) in [5, 5.41) is -3.82. The first-order chi connectivity index (χ1) is 16.1. The Morgan fingerprint density at radius 3 is 1.85 bits per heavy atom. The molecule has 0 amide bonds. The fraction of sp³-hybridized carbons (Fsp3) is 0.619. The summed E-state index contributed by atoms with van der Waals surface area (Å²) in [6.07, 6.45) is -0.305. The maximum atomic E-state index is 13.7. The van der Waals surface area contributed by atoms with Crippen LogP contribution in [0.4, 0.5) is 0 Å². The van der Waals surface area contributed by atoms with Crippen molar-refractivity contribution in [1.82, 2.24) is 4.90 Å². The summed E-state index contributed by atoms with van der Waals surface area (Å²) in [5.41, 5.74) is 0.158. The van der Waals surface area contributed by atoms with Crippen molar-refractivity contribution in [2.75, 3.05) is 54.2 Å². The second kappa shape index (κ2) is 10.6. The van der Waals surface area contributed by atoms with E-state index in [1.54, 1.807) is 0 Å². The van der Waals surface area contributed by atoms with E-state index in [2.05, 4.69) is 0 Å². The molecule has 0 aromatic heterocycles. The maximum Gasteiger partial charge on any atom is 0.324 e. The second-order valence-corrected chi connectivity index (χ2v) is 12.8. The summed E-state index contributed by atoms with van der Waals surface area (Å²) in [6, 6.07) is 5.83. The first-order valence-corrected chi connectivity index (χ1v) is 13.9. The molecule has 11 nitrogen and oxygen atoms in total. The lowest BCUT2D eigenvalue weighted by Gasteiger charge is -2.39. The van der Waals surface area contributed by atoms with Gasteiger partial charge in [0.25, 0.3) is 0 Å². The van der Waals surface area contributed by atoms with Crippen molar-refractivity contribution < 1.29 is 45.4 Å². The average molecular weight is 520 g/mol. The van der Waals surface area contributed by atoms with Gasteiger partial charge >= 0.3 is 11.9 Å². The Labute approximate surface area is 199 Å². The van der Waals surface area contributed by atoms with Gasteiger partial charge in [0.15, 0.2) is 34.8 Å². The number of ether oxygens (including phenoxy) is 4. The molecule has 0 bridgehead atoms. The molecular weight excluding hydrogens is 490 g/mol. The highest BCUT2D eigenvalue weighted by atomic mass is 32.3. The second-order valence-electron chi connectivity index (χ2n) is 8.04. The minimum absolute atomic E-state index is 0.140. The largest absolute Gasteiger partial charge is 0.497 e. The maximum absolute atomic E-state index is 13.7. The van der Waals surface area contributed by atoms with Crippen LogP contribution >= 0.6 is 0 Å². The van der Waals surface area contributed by atoms with E-state index in [-0.39, 0.29) is 18.5 Å². The molecule has 0 unspecified atom stereocenters. The minimum Gasteiger partial charge on any atom is -0.497 e. The third kappa shape index (κ3) is 4.92. The molecule has 2 saturated heterocycles. The van der Waals surface area contributed by atoms with Gasteiger partial charge in [-0.05, 0) is 24.1 Å². The van der Waals surface area contributed by atoms with Crippen molar-refractivity contribution in [1.29, 1.82) is 0 Å². The normalized spacial score (nSPS) is 28.6. The summed E-state index contributed by atoms with van der Waals surface area (Å²) in [7, 11) is -5.80. The molecule has 0 spiro atoms. The first kappa shape index (κ1) is 26.4. The standard InChI is InChI=1S/C21H29NO10S2/c1-29-15-6-4-14(5-7-15)17-18(20(23)30-2)33(25,26)16(8-9-22-10-12-32-13-11-22)34(27,28)19(17)21(24)31-3/h4-7,16-19H,8-13H2,1-3H3/t16?,17?,18-,19-/m1/s1. The quantitative estimate of drug-likeness (QED) is 0.440. The smallest absolute Gasteiger partial charge is 0.324 e. The number of carbonyl (C=O) groups is 2. The van der Waals surface area contributed by atoms with Crippen LogP contribution in [0.2, 0.25) is 0 Å². The van der Waals surface area contributed by atoms with Crippen LogP contribution in [-0.2, 0) is 43.5 Å². The zero-order valence-electron chi connectivity index (χ0n) is 19.2. The molecule has 2 aliphatic heterocycles. The summed E-state index contributed by atoms with van der Waals surface area (Å²) in [6.45, 7) is 2.06. The number of benzene rings is 1. The van der Waals surface area contributed by atoms with E-state index in [1.165, 1.54) is 31.4 Å². The Balaban J connectivity index is 2.13. The van der Waals surface area contributed by atoms with Crippen LogP contribution in [-0.4, -0.2) is 103 Å². The molecule has 13 heteroatoms. The van der Waals surface area contributed by atoms with Crippen LogP contribution in [0, 0.1) is 0 Å². The van der Waals surface area contributed by atoms with Crippen LogP contribution in [0.15, 0.2) is 24.3 Å². The lowest BCUT2D eigenvalue weighted by Crippen LogP contribution is -2.60. The molecule has 1 aromatic rings. The summed E-state index contributed by atoms with van der Waals surface area (Å²) >= 11 is 0. The number of hydrogen-bond acceptors (Lipinski definition) is 11. The van der Waals surface area contributed by atoms with E-state index in [0.29, 0.717) is 32.1 Å². The number of nitrogens with zero attached hydrogens (tertiary/aromatic N) is 1. The molecule has 2 heterocycles. The Morgan fingerprint density at radius 1 is 0.912 bits per heavy atom. The van der Waals surface area contributed by atoms with Crippen LogP contribution in [0.5, 0.6) is 5.75 Å². The van der Waals surface area contributed by atoms with Gasteiger partial charge < -0.3 is 18.9 Å². The zero-order chi connectivity index (χ0) is 25.1. The van der Waals surface area contributed by atoms with Gasteiger partial charge in [-0.25, -0.2) is 16.8 Å². The molecular formula is C21H29NO10S2. The van der Waals surface area contributed by atoms with Gasteiger partial charge in [0.2, 0.25) is 0 Å². The van der Waals surface area contributed by atoms with Crippen molar-refractivity contribution in [2.24, 2.45) is 0 Å². The lowest BCUT2D eigenvalue weighted by atomic mass is 9.91. The fourth-order valence-electron chi connectivity index (χ4n) is 4.49. The highest BCUT2D eigenvalue weighted by Gasteiger charge is 2.63. The average Bonchev–Trinajstić information content (AvgIpc) is 2.82. The van der Waals surface area contributed by atoms with Crippen LogP contribution in [0.1, 0.15) is 17.9 Å². The lowest BCUT2D eigenvalue weighted by molar-refractivity contribution is -0.142. The monoisotopic (exact) mass is 519 g/mol. The molecule has 0 radical (unpaired) electrons. The molecule has 3 rings (SSSR count). The van der Waals surface area contributed by atoms with Crippen LogP contribution in [0.3, 0.4) is 0 Å². The first-order valence-electron chi connectivity index (χ1n) is 10.6. The summed E-state index contributed by atoms with van der Waals surface area (Å²) < 4.78 is 72.6. The molecule has 190 valence electrons. The third-order valence-electron chi connectivity index (χ3n) is 6.25. The Morgan fingerprint density at radius 2 is 1.41 bits per heavy atom.